The van der Waals surface area contributed by atoms with Crippen molar-refractivity contribution in [1.82, 2.24) is 9.21 Å². The van der Waals surface area contributed by atoms with E-state index in [1.54, 1.807) is 33.1 Å². The number of carbonyl (C=O) groups excluding carboxylic acids is 1. The summed E-state index contributed by atoms with van der Waals surface area (Å²) in [5.41, 5.74) is 4.06. The summed E-state index contributed by atoms with van der Waals surface area (Å²) in [6.45, 7) is 8.84. The van der Waals surface area contributed by atoms with E-state index >= 15 is 0 Å². The minimum atomic E-state index is -3.74. The molecule has 1 saturated heterocycles. The van der Waals surface area contributed by atoms with Gasteiger partial charge in [-0.3, -0.25) is 4.79 Å². The molecule has 2 N–H and O–H groups in total. The first-order valence-corrected chi connectivity index (χ1v) is 13.9. The number of benzene rings is 2. The summed E-state index contributed by atoms with van der Waals surface area (Å²) in [6.07, 6.45) is 2.47. The number of nitrogens with zero attached hydrogens (tertiary/aromatic N) is 2. The Bertz CT molecular complexity index is 1150. The Kier molecular flexibility index (Phi) is 9.38. The van der Waals surface area contributed by atoms with Crippen LogP contribution in [0.25, 0.3) is 0 Å². The van der Waals surface area contributed by atoms with E-state index < -0.39 is 10.0 Å². The van der Waals surface area contributed by atoms with Gasteiger partial charge < -0.3 is 20.3 Å². The molecule has 1 amide bonds. The van der Waals surface area contributed by atoms with Gasteiger partial charge in [0.15, 0.2) is 0 Å². The van der Waals surface area contributed by atoms with Crippen molar-refractivity contribution in [3.8, 4) is 5.75 Å². The van der Waals surface area contributed by atoms with Crippen LogP contribution >= 0.6 is 0 Å². The molecule has 2 aromatic carbocycles. The predicted octanol–water partition coefficient (Wildman–Crippen LogP) is 4.02. The summed E-state index contributed by atoms with van der Waals surface area (Å²) in [7, 11) is 1.48. The number of nitrogens with one attached hydrogen (secondary N) is 2. The van der Waals surface area contributed by atoms with E-state index in [1.165, 1.54) is 24.2 Å². The molecule has 198 valence electrons. The average molecular weight is 517 g/mol. The second-order valence-electron chi connectivity index (χ2n) is 9.87. The number of hydrogen-bond acceptors (Lipinski definition) is 6. The van der Waals surface area contributed by atoms with Gasteiger partial charge in [0.1, 0.15) is 5.75 Å². The molecule has 2 aromatic rings. The zero-order chi connectivity index (χ0) is 26.5. The van der Waals surface area contributed by atoms with Crippen molar-refractivity contribution in [2.75, 3.05) is 58.0 Å². The van der Waals surface area contributed by atoms with Crippen LogP contribution in [0, 0.1) is 26.7 Å². The maximum Gasteiger partial charge on any atom is 0.243 e. The first-order chi connectivity index (χ1) is 17.0. The van der Waals surface area contributed by atoms with E-state index in [4.69, 9.17) is 4.74 Å². The molecule has 0 aromatic heterocycles. The Balaban J connectivity index is 1.54. The molecule has 0 radical (unpaired) electrons. The van der Waals surface area contributed by atoms with Crippen LogP contribution in [0.1, 0.15) is 36.0 Å². The quantitative estimate of drug-likeness (QED) is 0.496. The number of amides is 1. The molecule has 3 rings (SSSR count). The van der Waals surface area contributed by atoms with Gasteiger partial charge in [0, 0.05) is 37.9 Å². The number of sulfonamides is 1. The van der Waals surface area contributed by atoms with Crippen molar-refractivity contribution in [1.29, 1.82) is 0 Å². The molecule has 1 aliphatic heterocycles. The SMILES string of the molecule is COc1cc(C)c(S(=O)(=O)N(C)CCC(=O)Nc2ccc(NCC3CCN(C)CC3)c(C)c2)c(C)c1. The zero-order valence-electron chi connectivity index (χ0n) is 22.3. The highest BCUT2D eigenvalue weighted by molar-refractivity contribution is 7.89. The number of ether oxygens (including phenoxy) is 1. The standard InChI is InChI=1S/C27H40N4O4S/c1-19-15-23(7-8-25(19)28-18-22-9-12-30(4)13-10-22)29-26(32)11-14-31(5)36(33,34)27-20(2)16-24(35-6)17-21(27)3/h7-8,15-17,22,28H,9-14,18H2,1-6H3,(H,29,32). The van der Waals surface area contributed by atoms with E-state index in [-0.39, 0.29) is 23.8 Å². The van der Waals surface area contributed by atoms with Crippen LogP contribution in [0.4, 0.5) is 11.4 Å². The maximum absolute atomic E-state index is 13.2. The Morgan fingerprint density at radius 3 is 2.31 bits per heavy atom. The Labute approximate surface area is 216 Å². The van der Waals surface area contributed by atoms with Crippen LogP contribution in [-0.2, 0) is 14.8 Å². The third-order valence-corrected chi connectivity index (χ3v) is 9.08. The summed E-state index contributed by atoms with van der Waals surface area (Å²) < 4.78 is 32.8. The first-order valence-electron chi connectivity index (χ1n) is 12.5. The Morgan fingerprint density at radius 2 is 1.72 bits per heavy atom. The van der Waals surface area contributed by atoms with Crippen molar-refractivity contribution in [2.45, 2.75) is 44.9 Å². The highest BCUT2D eigenvalue weighted by Crippen LogP contribution is 2.28. The number of piperidine rings is 1. The lowest BCUT2D eigenvalue weighted by atomic mass is 9.97. The lowest BCUT2D eigenvalue weighted by Crippen LogP contribution is -2.33. The monoisotopic (exact) mass is 516 g/mol. The Morgan fingerprint density at radius 1 is 1.08 bits per heavy atom. The number of likely N-dealkylation sites (tertiary alicyclic amines) is 1. The minimum absolute atomic E-state index is 0.0547. The van der Waals surface area contributed by atoms with Crippen molar-refractivity contribution in [3.05, 3.63) is 47.0 Å². The van der Waals surface area contributed by atoms with Gasteiger partial charge in [-0.15, -0.1) is 0 Å². The molecule has 0 spiro atoms. The van der Waals surface area contributed by atoms with Gasteiger partial charge in [0.05, 0.1) is 12.0 Å². The summed E-state index contributed by atoms with van der Waals surface area (Å²) in [4.78, 5) is 15.2. The van der Waals surface area contributed by atoms with Crippen molar-refractivity contribution in [3.63, 3.8) is 0 Å². The van der Waals surface area contributed by atoms with Gasteiger partial charge in [-0.05, 0) is 107 Å². The molecule has 1 fully saturated rings. The van der Waals surface area contributed by atoms with Gasteiger partial charge in [-0.2, -0.15) is 0 Å². The lowest BCUT2D eigenvalue weighted by molar-refractivity contribution is -0.116. The van der Waals surface area contributed by atoms with E-state index in [0.717, 1.165) is 30.9 Å². The van der Waals surface area contributed by atoms with Crippen LogP contribution in [0.3, 0.4) is 0 Å². The highest BCUT2D eigenvalue weighted by Gasteiger charge is 2.26. The molecule has 9 heteroatoms. The van der Waals surface area contributed by atoms with Crippen molar-refractivity contribution < 1.29 is 17.9 Å². The van der Waals surface area contributed by atoms with Crippen LogP contribution in [0.15, 0.2) is 35.2 Å². The van der Waals surface area contributed by atoms with Crippen LogP contribution in [0.5, 0.6) is 5.75 Å². The van der Waals surface area contributed by atoms with E-state index in [2.05, 4.69) is 22.6 Å². The van der Waals surface area contributed by atoms with Crippen molar-refractivity contribution >= 4 is 27.3 Å². The number of hydrogen-bond donors (Lipinski definition) is 2. The van der Waals surface area contributed by atoms with Crippen LogP contribution in [0.2, 0.25) is 0 Å². The molecule has 36 heavy (non-hydrogen) atoms. The fourth-order valence-electron chi connectivity index (χ4n) is 4.65. The molecule has 0 atom stereocenters. The van der Waals surface area contributed by atoms with Gasteiger partial charge in [-0.1, -0.05) is 0 Å². The lowest BCUT2D eigenvalue weighted by Gasteiger charge is -2.29. The van der Waals surface area contributed by atoms with E-state index in [1.807, 2.05) is 25.1 Å². The third-order valence-electron chi connectivity index (χ3n) is 6.92. The summed E-state index contributed by atoms with van der Waals surface area (Å²) >= 11 is 0. The Hall–Kier alpha value is -2.62. The fourth-order valence-corrected chi connectivity index (χ4v) is 6.23. The van der Waals surface area contributed by atoms with Crippen molar-refractivity contribution in [2.24, 2.45) is 5.92 Å². The molecular weight excluding hydrogens is 476 g/mol. The average Bonchev–Trinajstić information content (AvgIpc) is 2.82. The van der Waals surface area contributed by atoms with Gasteiger partial charge in [-0.25, -0.2) is 12.7 Å². The second kappa shape index (κ2) is 12.1. The van der Waals surface area contributed by atoms with Crippen LogP contribution in [-0.4, -0.2) is 70.9 Å². The minimum Gasteiger partial charge on any atom is -0.497 e. The molecule has 1 aliphatic rings. The molecule has 0 aliphatic carbocycles. The number of anilines is 2. The second-order valence-corrected chi connectivity index (χ2v) is 11.9. The molecule has 0 saturated carbocycles. The number of rotatable bonds is 10. The molecule has 8 nitrogen and oxygen atoms in total. The van der Waals surface area contributed by atoms with Crippen LogP contribution < -0.4 is 15.4 Å². The molecule has 0 bridgehead atoms. The third kappa shape index (κ3) is 6.99. The summed E-state index contributed by atoms with van der Waals surface area (Å²) in [6, 6.07) is 9.22. The zero-order valence-corrected chi connectivity index (χ0v) is 23.2. The predicted molar refractivity (Wildman–Crippen MR) is 145 cm³/mol. The molecule has 0 unspecified atom stereocenters. The molecule has 1 heterocycles. The first kappa shape index (κ1) is 28.0. The van der Waals surface area contributed by atoms with Gasteiger partial charge in [0.2, 0.25) is 15.9 Å². The number of aryl methyl sites for hydroxylation is 3. The normalized spacial score (nSPS) is 15.2. The highest BCUT2D eigenvalue weighted by atomic mass is 32.2. The smallest absolute Gasteiger partial charge is 0.243 e. The summed E-state index contributed by atoms with van der Waals surface area (Å²) in [5, 5.41) is 6.45. The summed E-state index contributed by atoms with van der Waals surface area (Å²) in [5.74, 6) is 1.06. The molecular formula is C27H40N4O4S. The van der Waals surface area contributed by atoms with E-state index in [0.29, 0.717) is 28.5 Å². The van der Waals surface area contributed by atoms with Gasteiger partial charge in [0.25, 0.3) is 0 Å². The topological polar surface area (TPSA) is 91.0 Å². The number of methoxy groups -OCH3 is 1. The largest absolute Gasteiger partial charge is 0.497 e. The maximum atomic E-state index is 13.2. The van der Waals surface area contributed by atoms with Gasteiger partial charge >= 0.3 is 0 Å². The van der Waals surface area contributed by atoms with E-state index in [9.17, 15) is 13.2 Å². The number of carbonyl (C=O) groups is 1. The fraction of sp³-hybridized carbons (Fsp3) is 0.519.